The van der Waals surface area contributed by atoms with E-state index >= 15 is 0 Å². The quantitative estimate of drug-likeness (QED) is 0.0977. The Morgan fingerprint density at radius 2 is 1.18 bits per heavy atom. The minimum absolute atomic E-state index is 0.000788. The summed E-state index contributed by atoms with van der Waals surface area (Å²) in [5.41, 5.74) is 1.58. The summed E-state index contributed by atoms with van der Waals surface area (Å²) in [7, 11) is -4.07. The van der Waals surface area contributed by atoms with Crippen molar-refractivity contribution in [1.29, 1.82) is 0 Å². The van der Waals surface area contributed by atoms with Gasteiger partial charge in [0, 0.05) is 12.8 Å². The number of phosphoric acid groups is 1. The van der Waals surface area contributed by atoms with Crippen molar-refractivity contribution < 1.29 is 37.2 Å². The zero-order chi connectivity index (χ0) is 27.5. The number of rotatable bonds is 20. The lowest BCUT2D eigenvalue weighted by atomic mass is 10.2. The van der Waals surface area contributed by atoms with E-state index in [1.807, 2.05) is 67.6 Å². The number of phosphoric ester groups is 1. The van der Waals surface area contributed by atoms with Crippen LogP contribution in [0.2, 0.25) is 0 Å². The van der Waals surface area contributed by atoms with Crippen molar-refractivity contribution in [2.45, 2.75) is 84.5 Å². The summed E-state index contributed by atoms with van der Waals surface area (Å²) in [5.74, 6) is -0.811. The van der Waals surface area contributed by atoms with Gasteiger partial charge in [-0.25, -0.2) is 4.57 Å². The fourth-order valence-electron chi connectivity index (χ4n) is 3.40. The fraction of sp³-hybridized carbons (Fsp3) is 0.517. The van der Waals surface area contributed by atoms with Crippen LogP contribution in [0.4, 0.5) is 0 Å². The van der Waals surface area contributed by atoms with Gasteiger partial charge in [0.15, 0.2) is 6.10 Å². The zero-order valence-electron chi connectivity index (χ0n) is 22.5. The molecule has 0 saturated carbocycles. The average molecular weight is 549 g/mol. The molecule has 1 atom stereocenters. The lowest BCUT2D eigenvalue weighted by molar-refractivity contribution is -0.161. The molecule has 2 aromatic rings. The van der Waals surface area contributed by atoms with Crippen LogP contribution in [0, 0.1) is 0 Å². The predicted molar refractivity (Wildman–Crippen MR) is 145 cm³/mol. The summed E-state index contributed by atoms with van der Waals surface area (Å²) in [6, 6.07) is 18.5. The Morgan fingerprint density at radius 1 is 0.684 bits per heavy atom. The van der Waals surface area contributed by atoms with Crippen molar-refractivity contribution >= 4 is 19.8 Å². The number of ether oxygens (including phenoxy) is 2. The SMILES string of the molecule is CCCCCC(=O)OCC(COP(=O)(OCc1ccccc1)OCc1ccccc1)OC(=O)CCCCC. The predicted octanol–water partition coefficient (Wildman–Crippen LogP) is 7.16. The van der Waals surface area contributed by atoms with Crippen molar-refractivity contribution in [2.75, 3.05) is 13.2 Å². The molecule has 0 spiro atoms. The smallest absolute Gasteiger partial charge is 0.462 e. The molecule has 0 fully saturated rings. The molecular weight excluding hydrogens is 507 g/mol. The minimum Gasteiger partial charge on any atom is -0.462 e. The standard InChI is InChI=1S/C29H41O8P/c1-3-5-9-19-28(30)33-23-27(37-29(31)20-10-6-4-2)24-36-38(32,34-21-25-15-11-7-12-16-25)35-22-26-17-13-8-14-18-26/h7-8,11-18,27H,3-6,9-10,19-24H2,1-2H3. The largest absolute Gasteiger partial charge is 0.475 e. The van der Waals surface area contributed by atoms with E-state index in [1.165, 1.54) is 0 Å². The van der Waals surface area contributed by atoms with Crippen molar-refractivity contribution in [3.05, 3.63) is 71.8 Å². The van der Waals surface area contributed by atoms with Gasteiger partial charge in [0.05, 0.1) is 19.8 Å². The van der Waals surface area contributed by atoms with Gasteiger partial charge < -0.3 is 9.47 Å². The van der Waals surface area contributed by atoms with E-state index in [0.717, 1.165) is 43.2 Å². The topological polar surface area (TPSA) is 97.4 Å². The van der Waals surface area contributed by atoms with E-state index in [4.69, 9.17) is 23.0 Å². The number of unbranched alkanes of at least 4 members (excludes halogenated alkanes) is 4. The first-order valence-electron chi connectivity index (χ1n) is 13.4. The van der Waals surface area contributed by atoms with Crippen molar-refractivity contribution in [1.82, 2.24) is 0 Å². The number of carbonyl (C=O) groups is 2. The van der Waals surface area contributed by atoms with Gasteiger partial charge in [-0.05, 0) is 24.0 Å². The van der Waals surface area contributed by atoms with Gasteiger partial charge in [0.1, 0.15) is 6.61 Å². The first kappa shape index (κ1) is 31.7. The molecule has 0 radical (unpaired) electrons. The first-order chi connectivity index (χ1) is 18.4. The highest BCUT2D eigenvalue weighted by molar-refractivity contribution is 7.48. The Balaban J connectivity index is 2.04. The Morgan fingerprint density at radius 3 is 1.68 bits per heavy atom. The van der Waals surface area contributed by atoms with Crippen LogP contribution in [0.25, 0.3) is 0 Å². The third-order valence-electron chi connectivity index (χ3n) is 5.58. The summed E-state index contributed by atoms with van der Waals surface area (Å²) in [6.45, 7) is 3.57. The number of benzene rings is 2. The Bertz CT molecular complexity index is 920. The van der Waals surface area contributed by atoms with Gasteiger partial charge in [-0.1, -0.05) is 100 Å². The van der Waals surface area contributed by atoms with E-state index in [1.54, 1.807) is 0 Å². The van der Waals surface area contributed by atoms with Crippen LogP contribution in [0.3, 0.4) is 0 Å². The molecule has 2 aromatic carbocycles. The van der Waals surface area contributed by atoms with Crippen molar-refractivity contribution in [3.8, 4) is 0 Å². The molecule has 0 amide bonds. The van der Waals surface area contributed by atoms with Crippen LogP contribution in [-0.2, 0) is 50.4 Å². The molecular formula is C29H41O8P. The molecule has 8 nitrogen and oxygen atoms in total. The van der Waals surface area contributed by atoms with Crippen molar-refractivity contribution in [2.24, 2.45) is 0 Å². The molecule has 0 aliphatic rings. The molecule has 9 heteroatoms. The Labute approximate surface area is 226 Å². The molecule has 0 saturated heterocycles. The molecule has 0 heterocycles. The summed E-state index contributed by atoms with van der Waals surface area (Å²) in [5, 5.41) is 0. The first-order valence-corrected chi connectivity index (χ1v) is 14.9. The number of esters is 2. The van der Waals surface area contributed by atoms with Gasteiger partial charge in [0.25, 0.3) is 0 Å². The van der Waals surface area contributed by atoms with Gasteiger partial charge in [0.2, 0.25) is 0 Å². The average Bonchev–Trinajstić information content (AvgIpc) is 2.94. The third kappa shape index (κ3) is 13.9. The summed E-state index contributed by atoms with van der Waals surface area (Å²) < 4.78 is 41.3. The van der Waals surface area contributed by atoms with Crippen LogP contribution in [0.15, 0.2) is 60.7 Å². The van der Waals surface area contributed by atoms with Crippen LogP contribution in [-0.4, -0.2) is 31.3 Å². The normalized spacial score (nSPS) is 12.2. The van der Waals surface area contributed by atoms with E-state index in [9.17, 15) is 14.2 Å². The molecule has 1 unspecified atom stereocenters. The molecule has 0 aliphatic heterocycles. The Kier molecular flexibility index (Phi) is 15.6. The second kappa shape index (κ2) is 18.7. The van der Waals surface area contributed by atoms with Crippen LogP contribution in [0.1, 0.15) is 76.3 Å². The minimum atomic E-state index is -4.07. The fourth-order valence-corrected chi connectivity index (χ4v) is 4.59. The van der Waals surface area contributed by atoms with Gasteiger partial charge >= 0.3 is 19.8 Å². The van der Waals surface area contributed by atoms with E-state index in [0.29, 0.717) is 6.42 Å². The molecule has 210 valence electrons. The summed E-state index contributed by atoms with van der Waals surface area (Å²) in [4.78, 5) is 24.5. The van der Waals surface area contributed by atoms with Gasteiger partial charge in [-0.15, -0.1) is 0 Å². The second-order valence-electron chi connectivity index (χ2n) is 8.97. The maximum atomic E-state index is 13.6. The van der Waals surface area contributed by atoms with Crippen LogP contribution in [0.5, 0.6) is 0 Å². The highest BCUT2D eigenvalue weighted by Crippen LogP contribution is 2.51. The summed E-state index contributed by atoms with van der Waals surface area (Å²) >= 11 is 0. The highest BCUT2D eigenvalue weighted by atomic mass is 31.2. The van der Waals surface area contributed by atoms with Gasteiger partial charge in [-0.2, -0.15) is 0 Å². The molecule has 0 aromatic heterocycles. The molecule has 0 aliphatic carbocycles. The lowest BCUT2D eigenvalue weighted by Crippen LogP contribution is -2.29. The number of hydrogen-bond acceptors (Lipinski definition) is 8. The monoisotopic (exact) mass is 548 g/mol. The van der Waals surface area contributed by atoms with Gasteiger partial charge in [-0.3, -0.25) is 23.2 Å². The molecule has 2 rings (SSSR count). The van der Waals surface area contributed by atoms with E-state index < -0.39 is 19.9 Å². The highest BCUT2D eigenvalue weighted by Gasteiger charge is 2.30. The maximum Gasteiger partial charge on any atom is 0.475 e. The van der Waals surface area contributed by atoms with Crippen LogP contribution >= 0.6 is 7.82 Å². The second-order valence-corrected chi connectivity index (χ2v) is 10.6. The van der Waals surface area contributed by atoms with Crippen molar-refractivity contribution in [3.63, 3.8) is 0 Å². The maximum absolute atomic E-state index is 13.6. The van der Waals surface area contributed by atoms with Crippen LogP contribution < -0.4 is 0 Å². The molecule has 0 N–H and O–H groups in total. The lowest BCUT2D eigenvalue weighted by Gasteiger charge is -2.22. The molecule has 38 heavy (non-hydrogen) atoms. The molecule has 0 bridgehead atoms. The van der Waals surface area contributed by atoms with E-state index in [-0.39, 0.29) is 45.2 Å². The van der Waals surface area contributed by atoms with E-state index in [2.05, 4.69) is 6.92 Å². The number of hydrogen-bond donors (Lipinski definition) is 0. The Hall–Kier alpha value is -2.51. The zero-order valence-corrected chi connectivity index (χ0v) is 23.4. The number of carbonyl (C=O) groups excluding carboxylic acids is 2. The summed E-state index contributed by atoms with van der Waals surface area (Å²) in [6.07, 6.45) is 4.77. The third-order valence-corrected chi connectivity index (χ3v) is 6.94.